The van der Waals surface area contributed by atoms with Crippen molar-refractivity contribution < 1.29 is 40.3 Å². The highest BCUT2D eigenvalue weighted by Gasteiger charge is 2.50. The number of aromatic nitrogens is 4. The lowest BCUT2D eigenvalue weighted by atomic mass is 10.1. The number of nitrogens with zero attached hydrogens (tertiary/aromatic N) is 4. The van der Waals surface area contributed by atoms with Crippen LogP contribution in [0.15, 0.2) is 48.3 Å². The van der Waals surface area contributed by atoms with Gasteiger partial charge in [-0.1, -0.05) is 0 Å². The van der Waals surface area contributed by atoms with Crippen molar-refractivity contribution in [1.29, 1.82) is 0 Å². The van der Waals surface area contributed by atoms with Gasteiger partial charge in [-0.15, -0.1) is 5.10 Å². The van der Waals surface area contributed by atoms with E-state index in [1.807, 2.05) is 0 Å². The van der Waals surface area contributed by atoms with Gasteiger partial charge in [0.1, 0.15) is 11.6 Å². The van der Waals surface area contributed by atoms with Crippen LogP contribution in [0, 0.1) is 0 Å². The molecule has 0 spiro atoms. The Morgan fingerprint density at radius 1 is 1.09 bits per heavy atom. The van der Waals surface area contributed by atoms with Crippen LogP contribution < -0.4 is 5.32 Å². The van der Waals surface area contributed by atoms with Crippen LogP contribution in [0.2, 0.25) is 0 Å². The van der Waals surface area contributed by atoms with Crippen LogP contribution in [0.1, 0.15) is 31.7 Å². The van der Waals surface area contributed by atoms with E-state index in [4.69, 9.17) is 4.74 Å². The van der Waals surface area contributed by atoms with E-state index in [-0.39, 0.29) is 35.1 Å². The number of hydrogen-bond donors (Lipinski definition) is 1. The maximum absolute atomic E-state index is 14.5. The molecule has 1 N–H and O–H groups in total. The number of ether oxygens (including phenoxy) is 1. The Morgan fingerprint density at radius 3 is 2.35 bits per heavy atom. The van der Waals surface area contributed by atoms with Gasteiger partial charge < -0.3 is 10.1 Å². The van der Waals surface area contributed by atoms with Crippen molar-refractivity contribution in [3.8, 4) is 5.82 Å². The third-order valence-electron chi connectivity index (χ3n) is 4.56. The Balaban J connectivity index is 1.99. The van der Waals surface area contributed by atoms with Gasteiger partial charge in [0.05, 0.1) is 18.1 Å². The molecule has 0 atom stereocenters. The van der Waals surface area contributed by atoms with Crippen molar-refractivity contribution in [2.24, 2.45) is 0 Å². The SMILES string of the molecule is CC(C)(OC1=CCC(c2cc(NC=O)nn2-c2cnc(C(F)(F)F)cn2)=CC(F)=C1)C(F)(F)F. The summed E-state index contributed by atoms with van der Waals surface area (Å²) >= 11 is 0. The first-order valence-corrected chi connectivity index (χ1v) is 9.45. The molecule has 0 bridgehead atoms. The van der Waals surface area contributed by atoms with Gasteiger partial charge in [0.2, 0.25) is 6.41 Å². The molecule has 1 aliphatic carbocycles. The molecule has 0 fully saturated rings. The minimum absolute atomic E-state index is 0.0418. The van der Waals surface area contributed by atoms with E-state index in [9.17, 15) is 35.5 Å². The monoisotopic (exact) mass is 491 g/mol. The molecule has 1 amide bonds. The van der Waals surface area contributed by atoms with Gasteiger partial charge >= 0.3 is 12.4 Å². The number of carbonyl (C=O) groups is 1. The Hall–Kier alpha value is -3.71. The largest absolute Gasteiger partial charge is 0.479 e. The highest BCUT2D eigenvalue weighted by atomic mass is 19.4. The van der Waals surface area contributed by atoms with Crippen LogP contribution in [0.25, 0.3) is 11.4 Å². The number of amides is 1. The number of hydrogen-bond acceptors (Lipinski definition) is 5. The van der Waals surface area contributed by atoms with Crippen LogP contribution in [0.4, 0.5) is 36.6 Å². The number of rotatable bonds is 6. The molecule has 34 heavy (non-hydrogen) atoms. The van der Waals surface area contributed by atoms with Gasteiger partial charge in [0, 0.05) is 12.1 Å². The van der Waals surface area contributed by atoms with Gasteiger partial charge in [-0.2, -0.15) is 26.3 Å². The summed E-state index contributed by atoms with van der Waals surface area (Å²) in [5.41, 5.74) is -3.60. The number of anilines is 1. The molecule has 0 saturated carbocycles. The van der Waals surface area contributed by atoms with Gasteiger partial charge in [-0.25, -0.2) is 19.0 Å². The summed E-state index contributed by atoms with van der Waals surface area (Å²) in [6.07, 6.45) is -5.09. The van der Waals surface area contributed by atoms with Crippen LogP contribution in [-0.4, -0.2) is 37.9 Å². The summed E-state index contributed by atoms with van der Waals surface area (Å²) in [5, 5.41) is 6.27. The number of carbonyl (C=O) groups excluding carboxylic acids is 1. The van der Waals surface area contributed by atoms with E-state index in [1.54, 1.807) is 0 Å². The molecular formula is C20H16F7N5O2. The molecule has 0 saturated heterocycles. The Labute approximate surface area is 187 Å². The zero-order valence-electron chi connectivity index (χ0n) is 17.5. The number of alkyl halides is 6. The second kappa shape index (κ2) is 8.91. The maximum Gasteiger partial charge on any atom is 0.434 e. The molecule has 0 aliphatic heterocycles. The minimum atomic E-state index is -4.73. The van der Waals surface area contributed by atoms with Crippen LogP contribution >= 0.6 is 0 Å². The van der Waals surface area contributed by atoms with Crippen molar-refractivity contribution in [3.05, 3.63) is 59.7 Å². The molecule has 182 valence electrons. The summed E-state index contributed by atoms with van der Waals surface area (Å²) < 4.78 is 98.3. The van der Waals surface area contributed by atoms with Crippen molar-refractivity contribution >= 4 is 17.8 Å². The standard InChI is InChI=1S/C20H16F7N5O2/c1-18(2,20(25,26)27)34-13-4-3-11(5-12(21)6-13)14-7-16(30-10-33)31-32(14)17-9-28-15(8-29-17)19(22,23)24/h4-10H,3H2,1-2H3,(H,30,31,33). The molecular weight excluding hydrogens is 475 g/mol. The van der Waals surface area contributed by atoms with E-state index in [2.05, 4.69) is 20.4 Å². The van der Waals surface area contributed by atoms with E-state index < -0.39 is 29.5 Å². The fourth-order valence-electron chi connectivity index (χ4n) is 2.77. The maximum atomic E-state index is 14.5. The average molecular weight is 491 g/mol. The second-order valence-electron chi connectivity index (χ2n) is 7.47. The first kappa shape index (κ1) is 24.9. The minimum Gasteiger partial charge on any atom is -0.479 e. The van der Waals surface area contributed by atoms with Crippen molar-refractivity contribution in [2.45, 2.75) is 38.2 Å². The van der Waals surface area contributed by atoms with Crippen molar-refractivity contribution in [2.75, 3.05) is 5.32 Å². The zero-order valence-corrected chi connectivity index (χ0v) is 17.5. The molecule has 2 heterocycles. The number of halogens is 7. The van der Waals surface area contributed by atoms with E-state index in [1.165, 1.54) is 12.1 Å². The molecule has 0 unspecified atom stereocenters. The van der Waals surface area contributed by atoms with E-state index in [0.717, 1.165) is 36.9 Å². The first-order chi connectivity index (χ1) is 15.7. The third-order valence-corrected chi connectivity index (χ3v) is 4.56. The average Bonchev–Trinajstić information content (AvgIpc) is 3.04. The molecule has 0 aromatic carbocycles. The van der Waals surface area contributed by atoms with Gasteiger partial charge in [0.15, 0.2) is 22.9 Å². The fourth-order valence-corrected chi connectivity index (χ4v) is 2.77. The molecule has 7 nitrogen and oxygen atoms in total. The van der Waals surface area contributed by atoms with Gasteiger partial charge in [0.25, 0.3) is 0 Å². The topological polar surface area (TPSA) is 81.9 Å². The van der Waals surface area contributed by atoms with Crippen LogP contribution in [0.5, 0.6) is 0 Å². The van der Waals surface area contributed by atoms with Gasteiger partial charge in [-0.3, -0.25) is 4.79 Å². The molecule has 1 aliphatic rings. The second-order valence-corrected chi connectivity index (χ2v) is 7.47. The molecule has 2 aromatic heterocycles. The third kappa shape index (κ3) is 5.43. The molecule has 0 radical (unpaired) electrons. The quantitative estimate of drug-likeness (QED) is 0.448. The highest BCUT2D eigenvalue weighted by molar-refractivity contribution is 5.75. The van der Waals surface area contributed by atoms with Crippen LogP contribution in [-0.2, 0) is 15.7 Å². The Kier molecular flexibility index (Phi) is 6.53. The van der Waals surface area contributed by atoms with Crippen molar-refractivity contribution in [1.82, 2.24) is 19.7 Å². The molecule has 3 rings (SSSR count). The molecule has 14 heteroatoms. The predicted octanol–water partition coefficient (Wildman–Crippen LogP) is 5.13. The zero-order chi connectivity index (χ0) is 25.3. The smallest absolute Gasteiger partial charge is 0.434 e. The Morgan fingerprint density at radius 2 is 1.79 bits per heavy atom. The van der Waals surface area contributed by atoms with E-state index in [0.29, 0.717) is 12.6 Å². The lowest BCUT2D eigenvalue weighted by molar-refractivity contribution is -0.250. The van der Waals surface area contributed by atoms with Crippen LogP contribution in [0.3, 0.4) is 0 Å². The van der Waals surface area contributed by atoms with Crippen molar-refractivity contribution in [3.63, 3.8) is 0 Å². The first-order valence-electron chi connectivity index (χ1n) is 9.45. The Bertz CT molecular complexity index is 1160. The number of allylic oxidation sites excluding steroid dienone is 5. The summed E-state index contributed by atoms with van der Waals surface area (Å²) in [5.74, 6) is -1.55. The predicted molar refractivity (Wildman–Crippen MR) is 105 cm³/mol. The van der Waals surface area contributed by atoms with E-state index >= 15 is 0 Å². The summed E-state index contributed by atoms with van der Waals surface area (Å²) in [6, 6.07) is 1.28. The summed E-state index contributed by atoms with van der Waals surface area (Å²) in [4.78, 5) is 17.8. The fraction of sp³-hybridized carbons (Fsp3) is 0.300. The lowest BCUT2D eigenvalue weighted by Crippen LogP contribution is -2.41. The summed E-state index contributed by atoms with van der Waals surface area (Å²) in [7, 11) is 0. The van der Waals surface area contributed by atoms with Gasteiger partial charge in [-0.05, 0) is 38.0 Å². The molecule has 2 aromatic rings. The number of nitrogens with one attached hydrogen (secondary N) is 1. The lowest BCUT2D eigenvalue weighted by Gasteiger charge is -2.29. The highest BCUT2D eigenvalue weighted by Crippen LogP contribution is 2.37. The summed E-state index contributed by atoms with van der Waals surface area (Å²) in [6.45, 7) is 1.57. The normalized spacial score (nSPS) is 15.1.